The third-order valence-corrected chi connectivity index (χ3v) is 5.38. The molecule has 0 bridgehead atoms. The Kier molecular flexibility index (Phi) is 5.79. The van der Waals surface area contributed by atoms with Gasteiger partial charge in [0.1, 0.15) is 5.75 Å². The van der Waals surface area contributed by atoms with Gasteiger partial charge in [0.2, 0.25) is 15.9 Å². The van der Waals surface area contributed by atoms with Gasteiger partial charge in [-0.2, -0.15) is 0 Å². The minimum Gasteiger partial charge on any atom is -0.492 e. The number of nitrogens with zero attached hydrogens (tertiary/aromatic N) is 1. The van der Waals surface area contributed by atoms with Crippen LogP contribution >= 0.6 is 0 Å². The van der Waals surface area contributed by atoms with Crippen LogP contribution in [0.4, 0.5) is 5.69 Å². The van der Waals surface area contributed by atoms with Crippen molar-refractivity contribution >= 4 is 21.6 Å². The summed E-state index contributed by atoms with van der Waals surface area (Å²) in [4.78, 5) is 12.0. The molecule has 6 nitrogen and oxygen atoms in total. The monoisotopic (exact) mass is 326 g/mol. The van der Waals surface area contributed by atoms with E-state index in [1.54, 1.807) is 18.2 Å². The Morgan fingerprint density at radius 2 is 1.95 bits per heavy atom. The van der Waals surface area contributed by atoms with Crippen LogP contribution in [-0.4, -0.2) is 44.1 Å². The standard InChI is InChI=1S/C15H22N2O4S/c1-2-21-14-8-4-3-7-13(14)16-15(18)9-12-22(19,20)17-10-5-6-11-17/h3-4,7-8H,2,5-6,9-12H2,1H3,(H,16,18). The highest BCUT2D eigenvalue weighted by atomic mass is 32.2. The number of hydrogen-bond donors (Lipinski definition) is 1. The van der Waals surface area contributed by atoms with Gasteiger partial charge in [-0.15, -0.1) is 0 Å². The Bertz CT molecular complexity index is 610. The minimum absolute atomic E-state index is 0.0563. The molecule has 7 heteroatoms. The molecule has 22 heavy (non-hydrogen) atoms. The molecule has 0 spiro atoms. The summed E-state index contributed by atoms with van der Waals surface area (Å²) in [6.07, 6.45) is 1.74. The van der Waals surface area contributed by atoms with E-state index >= 15 is 0 Å². The second-order valence-corrected chi connectivity index (χ2v) is 7.24. The number of carbonyl (C=O) groups excluding carboxylic acids is 1. The van der Waals surface area contributed by atoms with Crippen LogP contribution in [0.3, 0.4) is 0 Å². The fourth-order valence-corrected chi connectivity index (χ4v) is 3.90. The summed E-state index contributed by atoms with van der Waals surface area (Å²) >= 11 is 0. The predicted molar refractivity (Wildman–Crippen MR) is 85.5 cm³/mol. The Labute approximate surface area is 131 Å². The van der Waals surface area contributed by atoms with Crippen LogP contribution < -0.4 is 10.1 Å². The molecule has 0 aromatic heterocycles. The van der Waals surface area contributed by atoms with Gasteiger partial charge < -0.3 is 10.1 Å². The molecule has 0 atom stereocenters. The lowest BCUT2D eigenvalue weighted by Gasteiger charge is -2.15. The molecule has 1 fully saturated rings. The van der Waals surface area contributed by atoms with Gasteiger partial charge in [0, 0.05) is 19.5 Å². The number of nitrogens with one attached hydrogen (secondary N) is 1. The second kappa shape index (κ2) is 7.60. The molecule has 0 radical (unpaired) electrons. The number of sulfonamides is 1. The van der Waals surface area contributed by atoms with E-state index in [2.05, 4.69) is 5.32 Å². The van der Waals surface area contributed by atoms with Crippen molar-refractivity contribution in [3.05, 3.63) is 24.3 Å². The van der Waals surface area contributed by atoms with Crippen molar-refractivity contribution in [3.63, 3.8) is 0 Å². The van der Waals surface area contributed by atoms with E-state index in [0.29, 0.717) is 31.1 Å². The number of hydrogen-bond acceptors (Lipinski definition) is 4. The summed E-state index contributed by atoms with van der Waals surface area (Å²) in [7, 11) is -3.33. The smallest absolute Gasteiger partial charge is 0.225 e. The zero-order valence-electron chi connectivity index (χ0n) is 12.7. The second-order valence-electron chi connectivity index (χ2n) is 5.15. The Morgan fingerprint density at radius 1 is 1.27 bits per heavy atom. The van der Waals surface area contributed by atoms with Crippen LogP contribution in [0, 0.1) is 0 Å². The number of amides is 1. The molecule has 1 heterocycles. The molecule has 1 aliphatic heterocycles. The number of carbonyl (C=O) groups is 1. The number of ether oxygens (including phenoxy) is 1. The molecule has 1 aliphatic rings. The summed E-state index contributed by atoms with van der Waals surface area (Å²) in [6.45, 7) is 3.49. The molecule has 0 unspecified atom stereocenters. The molecule has 1 aromatic rings. The van der Waals surface area contributed by atoms with Crippen LogP contribution in [0.25, 0.3) is 0 Å². The van der Waals surface area contributed by atoms with Crippen molar-refractivity contribution in [2.75, 3.05) is 30.8 Å². The molecule has 1 saturated heterocycles. The fourth-order valence-electron chi connectivity index (χ4n) is 2.38. The summed E-state index contributed by atoms with van der Waals surface area (Å²) in [6, 6.07) is 7.11. The van der Waals surface area contributed by atoms with E-state index < -0.39 is 10.0 Å². The van der Waals surface area contributed by atoms with E-state index in [1.807, 2.05) is 13.0 Å². The first-order valence-corrected chi connectivity index (χ1v) is 9.13. The van der Waals surface area contributed by atoms with Crippen LogP contribution in [0.1, 0.15) is 26.2 Å². The third kappa shape index (κ3) is 4.45. The number of benzene rings is 1. The van der Waals surface area contributed by atoms with Gasteiger partial charge in [-0.1, -0.05) is 12.1 Å². The van der Waals surface area contributed by atoms with Crippen molar-refractivity contribution < 1.29 is 17.9 Å². The maximum absolute atomic E-state index is 12.1. The first kappa shape index (κ1) is 16.8. The molecule has 1 amide bonds. The van der Waals surface area contributed by atoms with Crippen LogP contribution in [0.2, 0.25) is 0 Å². The fraction of sp³-hybridized carbons (Fsp3) is 0.533. The molecule has 0 aliphatic carbocycles. The van der Waals surface area contributed by atoms with Crippen LogP contribution in [-0.2, 0) is 14.8 Å². The summed E-state index contributed by atoms with van der Waals surface area (Å²) in [5.74, 6) is 0.103. The summed E-state index contributed by atoms with van der Waals surface area (Å²) < 4.78 is 31.1. The van der Waals surface area contributed by atoms with Crippen molar-refractivity contribution in [2.45, 2.75) is 26.2 Å². The maximum atomic E-state index is 12.1. The highest BCUT2D eigenvalue weighted by Crippen LogP contribution is 2.24. The van der Waals surface area contributed by atoms with Gasteiger partial charge >= 0.3 is 0 Å². The van der Waals surface area contributed by atoms with Gasteiger partial charge in [0.25, 0.3) is 0 Å². The molecular weight excluding hydrogens is 304 g/mol. The van der Waals surface area contributed by atoms with Gasteiger partial charge in [-0.3, -0.25) is 4.79 Å². The molecule has 0 saturated carbocycles. The van der Waals surface area contributed by atoms with Gasteiger partial charge in [0.15, 0.2) is 0 Å². The largest absolute Gasteiger partial charge is 0.492 e. The Hall–Kier alpha value is -1.60. The molecule has 1 N–H and O–H groups in total. The van der Waals surface area contributed by atoms with Gasteiger partial charge in [-0.05, 0) is 31.9 Å². The van der Waals surface area contributed by atoms with E-state index in [4.69, 9.17) is 4.74 Å². The predicted octanol–water partition coefficient (Wildman–Crippen LogP) is 1.84. The lowest BCUT2D eigenvalue weighted by atomic mass is 10.3. The van der Waals surface area contributed by atoms with E-state index in [9.17, 15) is 13.2 Å². The third-order valence-electron chi connectivity index (χ3n) is 3.51. The van der Waals surface area contributed by atoms with E-state index in [1.165, 1.54) is 4.31 Å². The quantitative estimate of drug-likeness (QED) is 0.829. The SMILES string of the molecule is CCOc1ccccc1NC(=O)CCS(=O)(=O)N1CCCC1. The Balaban J connectivity index is 1.90. The molecule has 1 aromatic carbocycles. The molecule has 122 valence electrons. The van der Waals surface area contributed by atoms with Gasteiger partial charge in [0.05, 0.1) is 18.0 Å². The summed E-state index contributed by atoms with van der Waals surface area (Å²) in [5.41, 5.74) is 0.563. The number of para-hydroxylation sites is 2. The lowest BCUT2D eigenvalue weighted by molar-refractivity contribution is -0.115. The minimum atomic E-state index is -3.33. The first-order valence-electron chi connectivity index (χ1n) is 7.52. The normalized spacial score (nSPS) is 15.7. The van der Waals surface area contributed by atoms with Crippen molar-refractivity contribution in [1.29, 1.82) is 0 Å². The summed E-state index contributed by atoms with van der Waals surface area (Å²) in [5, 5.41) is 2.71. The average molecular weight is 326 g/mol. The zero-order chi connectivity index (χ0) is 16.0. The average Bonchev–Trinajstić information content (AvgIpc) is 3.03. The van der Waals surface area contributed by atoms with Crippen molar-refractivity contribution in [1.82, 2.24) is 4.31 Å². The lowest BCUT2D eigenvalue weighted by Crippen LogP contribution is -2.31. The number of rotatable bonds is 7. The highest BCUT2D eigenvalue weighted by molar-refractivity contribution is 7.89. The van der Waals surface area contributed by atoms with Crippen molar-refractivity contribution in [3.8, 4) is 5.75 Å². The van der Waals surface area contributed by atoms with E-state index in [0.717, 1.165) is 12.8 Å². The first-order chi connectivity index (χ1) is 10.5. The Morgan fingerprint density at radius 3 is 2.64 bits per heavy atom. The molecular formula is C15H22N2O4S. The molecule has 2 rings (SSSR count). The topological polar surface area (TPSA) is 75.7 Å². The van der Waals surface area contributed by atoms with Crippen LogP contribution in [0.15, 0.2) is 24.3 Å². The zero-order valence-corrected chi connectivity index (χ0v) is 13.6. The van der Waals surface area contributed by atoms with Gasteiger partial charge in [-0.25, -0.2) is 12.7 Å². The van der Waals surface area contributed by atoms with E-state index in [-0.39, 0.29) is 18.1 Å². The maximum Gasteiger partial charge on any atom is 0.225 e. The van der Waals surface area contributed by atoms with Crippen LogP contribution in [0.5, 0.6) is 5.75 Å². The van der Waals surface area contributed by atoms with Crippen molar-refractivity contribution in [2.24, 2.45) is 0 Å². The highest BCUT2D eigenvalue weighted by Gasteiger charge is 2.25. The number of anilines is 1.